The Morgan fingerprint density at radius 2 is 1.88 bits per heavy atom. The topological polar surface area (TPSA) is 17.1 Å². The Hall–Kier alpha value is -0.820. The zero-order valence-corrected chi connectivity index (χ0v) is 11.2. The molecule has 0 heterocycles. The Morgan fingerprint density at radius 1 is 1.24 bits per heavy atom. The fraction of sp³-hybridized carbons (Fsp3) is 0.533. The average Bonchev–Trinajstić information content (AvgIpc) is 2.78. The summed E-state index contributed by atoms with van der Waals surface area (Å²) in [6.07, 6.45) is 2.95. The van der Waals surface area contributed by atoms with Gasteiger partial charge in [0.05, 0.1) is 0 Å². The second-order valence-corrected chi connectivity index (χ2v) is 5.70. The number of halogens is 1. The van der Waals surface area contributed by atoms with Crippen LogP contribution in [-0.2, 0) is 4.79 Å². The van der Waals surface area contributed by atoms with Crippen LogP contribution in [0.4, 0.5) is 0 Å². The smallest absolute Gasteiger partial charge is 0.224 e. The second-order valence-electron chi connectivity index (χ2n) is 5.33. The van der Waals surface area contributed by atoms with Gasteiger partial charge in [-0.1, -0.05) is 38.1 Å². The molecule has 0 N–H and O–H groups in total. The van der Waals surface area contributed by atoms with E-state index < -0.39 is 0 Å². The third kappa shape index (κ3) is 2.90. The summed E-state index contributed by atoms with van der Waals surface area (Å²) in [5, 5.41) is -0.161. The van der Waals surface area contributed by atoms with E-state index in [1.807, 2.05) is 0 Å². The molecule has 0 radical (unpaired) electrons. The van der Waals surface area contributed by atoms with Crippen LogP contribution in [0.1, 0.15) is 56.1 Å². The standard InChI is InChI=1S/C15H19ClO/c1-10(2)11-3-5-12(6-4-11)13-7-8-14(9-13)15(16)17/h3-6,10,13-14H,7-9H2,1-2H3. The van der Waals surface area contributed by atoms with Gasteiger partial charge in [0.1, 0.15) is 0 Å². The molecule has 0 amide bonds. The molecule has 0 aromatic heterocycles. The Kier molecular flexibility index (Phi) is 3.88. The van der Waals surface area contributed by atoms with Crippen molar-refractivity contribution in [2.45, 2.75) is 44.9 Å². The van der Waals surface area contributed by atoms with Gasteiger partial charge >= 0.3 is 0 Å². The lowest BCUT2D eigenvalue weighted by Gasteiger charge is -2.12. The average molecular weight is 251 g/mol. The van der Waals surface area contributed by atoms with E-state index in [1.54, 1.807) is 0 Å². The van der Waals surface area contributed by atoms with Crippen molar-refractivity contribution in [2.75, 3.05) is 0 Å². The Bertz CT molecular complexity index is 394. The lowest BCUT2D eigenvalue weighted by Crippen LogP contribution is -2.03. The van der Waals surface area contributed by atoms with Crippen LogP contribution >= 0.6 is 11.6 Å². The second kappa shape index (κ2) is 5.22. The molecule has 2 rings (SSSR count). The molecule has 0 saturated heterocycles. The predicted octanol–water partition coefficient (Wildman–Crippen LogP) is 4.46. The number of hydrogen-bond donors (Lipinski definition) is 0. The van der Waals surface area contributed by atoms with Crippen LogP contribution in [0, 0.1) is 5.92 Å². The van der Waals surface area contributed by atoms with Gasteiger partial charge in [0.15, 0.2) is 0 Å². The highest BCUT2D eigenvalue weighted by molar-refractivity contribution is 6.64. The molecular weight excluding hydrogens is 232 g/mol. The van der Waals surface area contributed by atoms with Crippen LogP contribution in [0.5, 0.6) is 0 Å². The van der Waals surface area contributed by atoms with Gasteiger partial charge in [0.2, 0.25) is 5.24 Å². The van der Waals surface area contributed by atoms with Gasteiger partial charge in [-0.15, -0.1) is 0 Å². The molecule has 92 valence electrons. The van der Waals surface area contributed by atoms with Gasteiger partial charge in [0.25, 0.3) is 0 Å². The minimum Gasteiger partial charge on any atom is -0.281 e. The molecule has 1 nitrogen and oxygen atoms in total. The molecule has 17 heavy (non-hydrogen) atoms. The van der Waals surface area contributed by atoms with Gasteiger partial charge in [0, 0.05) is 5.92 Å². The van der Waals surface area contributed by atoms with Gasteiger partial charge in [-0.25, -0.2) is 0 Å². The lowest BCUT2D eigenvalue weighted by atomic mass is 9.93. The molecule has 2 unspecified atom stereocenters. The van der Waals surface area contributed by atoms with Crippen molar-refractivity contribution >= 4 is 16.8 Å². The Labute approximate surface area is 108 Å². The first kappa shape index (κ1) is 12.6. The van der Waals surface area contributed by atoms with E-state index in [0.717, 1.165) is 19.3 Å². The number of hydrogen-bond acceptors (Lipinski definition) is 1. The van der Waals surface area contributed by atoms with Crippen LogP contribution < -0.4 is 0 Å². The minimum absolute atomic E-state index is 0.0754. The summed E-state index contributed by atoms with van der Waals surface area (Å²) in [7, 11) is 0. The van der Waals surface area contributed by atoms with Crippen molar-refractivity contribution in [1.82, 2.24) is 0 Å². The fourth-order valence-corrected chi connectivity index (χ4v) is 2.84. The first-order valence-corrected chi connectivity index (χ1v) is 6.75. The van der Waals surface area contributed by atoms with Gasteiger partial charge in [-0.3, -0.25) is 4.79 Å². The van der Waals surface area contributed by atoms with E-state index >= 15 is 0 Å². The quantitative estimate of drug-likeness (QED) is 0.724. The fourth-order valence-electron chi connectivity index (χ4n) is 2.64. The molecule has 1 fully saturated rings. The van der Waals surface area contributed by atoms with E-state index in [9.17, 15) is 4.79 Å². The number of carbonyl (C=O) groups excluding carboxylic acids is 1. The lowest BCUT2D eigenvalue weighted by molar-refractivity contribution is -0.114. The monoisotopic (exact) mass is 250 g/mol. The molecule has 2 heteroatoms. The highest BCUT2D eigenvalue weighted by atomic mass is 35.5. The van der Waals surface area contributed by atoms with Crippen molar-refractivity contribution < 1.29 is 4.79 Å². The van der Waals surface area contributed by atoms with Crippen LogP contribution in [-0.4, -0.2) is 5.24 Å². The zero-order chi connectivity index (χ0) is 12.4. The van der Waals surface area contributed by atoms with E-state index in [0.29, 0.717) is 11.8 Å². The van der Waals surface area contributed by atoms with Crippen LogP contribution in [0.2, 0.25) is 0 Å². The van der Waals surface area contributed by atoms with Crippen molar-refractivity contribution in [3.63, 3.8) is 0 Å². The maximum atomic E-state index is 11.1. The minimum atomic E-state index is -0.161. The maximum absolute atomic E-state index is 11.1. The predicted molar refractivity (Wildman–Crippen MR) is 71.5 cm³/mol. The Morgan fingerprint density at radius 3 is 2.35 bits per heavy atom. The molecule has 1 aromatic rings. The molecule has 0 bridgehead atoms. The highest BCUT2D eigenvalue weighted by Crippen LogP contribution is 2.39. The van der Waals surface area contributed by atoms with Crippen molar-refractivity contribution in [3.05, 3.63) is 35.4 Å². The van der Waals surface area contributed by atoms with Gasteiger partial charge in [-0.05, 0) is 53.8 Å². The zero-order valence-electron chi connectivity index (χ0n) is 10.4. The molecule has 1 aromatic carbocycles. The first-order valence-electron chi connectivity index (χ1n) is 6.37. The third-order valence-electron chi connectivity index (χ3n) is 3.83. The first-order chi connectivity index (χ1) is 8.08. The van der Waals surface area contributed by atoms with Gasteiger partial charge in [-0.2, -0.15) is 0 Å². The summed E-state index contributed by atoms with van der Waals surface area (Å²) >= 11 is 5.56. The van der Waals surface area contributed by atoms with Gasteiger partial charge < -0.3 is 0 Å². The van der Waals surface area contributed by atoms with Crippen LogP contribution in [0.25, 0.3) is 0 Å². The maximum Gasteiger partial charge on any atom is 0.224 e. The Balaban J connectivity index is 2.06. The molecule has 0 aliphatic heterocycles. The summed E-state index contributed by atoms with van der Waals surface area (Å²) in [6.45, 7) is 4.40. The number of carbonyl (C=O) groups is 1. The third-order valence-corrected chi connectivity index (χ3v) is 4.14. The summed E-state index contributed by atoms with van der Waals surface area (Å²) in [5.41, 5.74) is 2.73. The molecule has 1 aliphatic carbocycles. The highest BCUT2D eigenvalue weighted by Gasteiger charge is 2.29. The van der Waals surface area contributed by atoms with E-state index in [1.165, 1.54) is 11.1 Å². The summed E-state index contributed by atoms with van der Waals surface area (Å²) in [4.78, 5) is 11.1. The largest absolute Gasteiger partial charge is 0.281 e. The van der Waals surface area contributed by atoms with Crippen molar-refractivity contribution in [2.24, 2.45) is 5.92 Å². The van der Waals surface area contributed by atoms with Crippen molar-refractivity contribution in [1.29, 1.82) is 0 Å². The number of benzene rings is 1. The molecule has 1 aliphatic rings. The van der Waals surface area contributed by atoms with Crippen LogP contribution in [0.15, 0.2) is 24.3 Å². The summed E-state index contributed by atoms with van der Waals surface area (Å²) in [6, 6.07) is 8.83. The molecule has 1 saturated carbocycles. The molecule has 0 spiro atoms. The summed E-state index contributed by atoms with van der Waals surface area (Å²) in [5.74, 6) is 1.17. The van der Waals surface area contributed by atoms with Crippen molar-refractivity contribution in [3.8, 4) is 0 Å². The van der Waals surface area contributed by atoms with E-state index in [4.69, 9.17) is 11.6 Å². The van der Waals surface area contributed by atoms with E-state index in [2.05, 4.69) is 38.1 Å². The number of rotatable bonds is 3. The molecule has 2 atom stereocenters. The summed E-state index contributed by atoms with van der Waals surface area (Å²) < 4.78 is 0. The van der Waals surface area contributed by atoms with Crippen LogP contribution in [0.3, 0.4) is 0 Å². The molecular formula is C15H19ClO. The van der Waals surface area contributed by atoms with E-state index in [-0.39, 0.29) is 11.2 Å². The normalized spacial score (nSPS) is 24.2. The SMILES string of the molecule is CC(C)c1ccc(C2CCC(C(=O)Cl)C2)cc1.